The summed E-state index contributed by atoms with van der Waals surface area (Å²) in [7, 11) is 4.70. The Balaban J connectivity index is 1.87. The smallest absolute Gasteiger partial charge is 0.203 e. The summed E-state index contributed by atoms with van der Waals surface area (Å²) < 4.78 is 18.2. The standard InChI is InChI=1S/C25H40N2O4/c1-5-6-7-8-9-10-11-12-13-14-16-27-17-15-26-25(27)23(28)20-18-21(29-2)24(31-4)22(19-20)30-3/h15,17-19,23,28H,5-14,16H2,1-4H3. The molecule has 0 amide bonds. The van der Waals surface area contributed by atoms with Gasteiger partial charge in [0.05, 0.1) is 21.3 Å². The van der Waals surface area contributed by atoms with Crippen LogP contribution in [0.5, 0.6) is 17.2 Å². The molecule has 6 nitrogen and oxygen atoms in total. The molecule has 1 unspecified atom stereocenters. The van der Waals surface area contributed by atoms with E-state index in [0.717, 1.165) is 13.0 Å². The van der Waals surface area contributed by atoms with E-state index in [4.69, 9.17) is 14.2 Å². The van der Waals surface area contributed by atoms with Gasteiger partial charge >= 0.3 is 0 Å². The van der Waals surface area contributed by atoms with E-state index >= 15 is 0 Å². The number of methoxy groups -OCH3 is 3. The fourth-order valence-corrected chi connectivity index (χ4v) is 3.94. The van der Waals surface area contributed by atoms with Crippen LogP contribution in [0, 0.1) is 0 Å². The maximum absolute atomic E-state index is 11.0. The second-order valence-corrected chi connectivity index (χ2v) is 8.02. The number of rotatable bonds is 16. The predicted octanol–water partition coefficient (Wildman–Crippen LogP) is 5.91. The highest BCUT2D eigenvalue weighted by Crippen LogP contribution is 2.40. The number of imidazole rings is 1. The summed E-state index contributed by atoms with van der Waals surface area (Å²) in [6.07, 6.45) is 15.8. The van der Waals surface area contributed by atoms with Crippen molar-refractivity contribution in [2.24, 2.45) is 0 Å². The molecule has 0 aliphatic heterocycles. The molecule has 0 bridgehead atoms. The minimum Gasteiger partial charge on any atom is -0.493 e. The second kappa shape index (κ2) is 14.0. The highest BCUT2D eigenvalue weighted by Gasteiger charge is 2.21. The van der Waals surface area contributed by atoms with Crippen molar-refractivity contribution in [1.29, 1.82) is 0 Å². The molecule has 0 radical (unpaired) electrons. The number of aliphatic hydroxyl groups is 1. The van der Waals surface area contributed by atoms with Gasteiger partial charge in [0, 0.05) is 18.9 Å². The quantitative estimate of drug-likeness (QED) is 0.334. The van der Waals surface area contributed by atoms with Gasteiger partial charge < -0.3 is 23.9 Å². The molecule has 6 heteroatoms. The number of aryl methyl sites for hydroxylation is 1. The first kappa shape index (κ1) is 25.1. The second-order valence-electron chi connectivity index (χ2n) is 8.02. The summed E-state index contributed by atoms with van der Waals surface area (Å²) in [5.41, 5.74) is 0.657. The van der Waals surface area contributed by atoms with Crippen molar-refractivity contribution in [2.75, 3.05) is 21.3 Å². The minimum atomic E-state index is -0.869. The van der Waals surface area contributed by atoms with Crippen LogP contribution in [0.3, 0.4) is 0 Å². The maximum Gasteiger partial charge on any atom is 0.203 e. The lowest BCUT2D eigenvalue weighted by atomic mass is 10.1. The highest BCUT2D eigenvalue weighted by molar-refractivity contribution is 5.54. The molecule has 31 heavy (non-hydrogen) atoms. The number of unbranched alkanes of at least 4 members (excludes halogenated alkanes) is 9. The summed E-state index contributed by atoms with van der Waals surface area (Å²) in [6, 6.07) is 3.54. The average molecular weight is 433 g/mol. The van der Waals surface area contributed by atoms with E-state index in [1.54, 1.807) is 39.7 Å². The zero-order chi connectivity index (χ0) is 22.5. The third-order valence-corrected chi connectivity index (χ3v) is 5.75. The molecule has 0 fully saturated rings. The van der Waals surface area contributed by atoms with Crippen LogP contribution in [-0.2, 0) is 6.54 Å². The number of hydrogen-bond donors (Lipinski definition) is 1. The van der Waals surface area contributed by atoms with Gasteiger partial charge in [0.25, 0.3) is 0 Å². The molecular weight excluding hydrogens is 392 g/mol. The van der Waals surface area contributed by atoms with Crippen LogP contribution < -0.4 is 14.2 Å². The summed E-state index contributed by atoms with van der Waals surface area (Å²) in [5.74, 6) is 2.17. The molecule has 0 aliphatic rings. The molecule has 2 aromatic rings. The maximum atomic E-state index is 11.0. The van der Waals surface area contributed by atoms with Gasteiger partial charge in [0.2, 0.25) is 5.75 Å². The summed E-state index contributed by atoms with van der Waals surface area (Å²) in [5, 5.41) is 11.0. The van der Waals surface area contributed by atoms with E-state index in [1.165, 1.54) is 57.8 Å². The van der Waals surface area contributed by atoms with Crippen molar-refractivity contribution in [3.05, 3.63) is 35.9 Å². The molecular formula is C25H40N2O4. The molecule has 0 spiro atoms. The Morgan fingerprint density at radius 2 is 1.39 bits per heavy atom. The molecule has 1 aromatic carbocycles. The van der Waals surface area contributed by atoms with Crippen molar-refractivity contribution in [3.63, 3.8) is 0 Å². The van der Waals surface area contributed by atoms with Crippen molar-refractivity contribution in [1.82, 2.24) is 9.55 Å². The lowest BCUT2D eigenvalue weighted by Crippen LogP contribution is -2.11. The van der Waals surface area contributed by atoms with Crippen molar-refractivity contribution in [3.8, 4) is 17.2 Å². The molecule has 1 aromatic heterocycles. The van der Waals surface area contributed by atoms with E-state index in [9.17, 15) is 5.11 Å². The molecule has 1 heterocycles. The third-order valence-electron chi connectivity index (χ3n) is 5.75. The first-order valence-corrected chi connectivity index (χ1v) is 11.6. The van der Waals surface area contributed by atoms with Crippen LogP contribution >= 0.6 is 0 Å². The van der Waals surface area contributed by atoms with E-state index in [2.05, 4.69) is 11.9 Å². The number of hydrogen-bond acceptors (Lipinski definition) is 5. The van der Waals surface area contributed by atoms with Gasteiger partial charge in [-0.25, -0.2) is 4.98 Å². The Labute approximate surface area is 187 Å². The Kier molecular flexibility index (Phi) is 11.3. The summed E-state index contributed by atoms with van der Waals surface area (Å²) in [6.45, 7) is 3.11. The number of aliphatic hydroxyl groups excluding tert-OH is 1. The van der Waals surface area contributed by atoms with Crippen LogP contribution in [-0.4, -0.2) is 36.0 Å². The van der Waals surface area contributed by atoms with Crippen molar-refractivity contribution in [2.45, 2.75) is 83.8 Å². The van der Waals surface area contributed by atoms with E-state index in [1.807, 2.05) is 10.8 Å². The fourth-order valence-electron chi connectivity index (χ4n) is 3.94. The summed E-state index contributed by atoms with van der Waals surface area (Å²) >= 11 is 0. The van der Waals surface area contributed by atoms with E-state index in [-0.39, 0.29) is 0 Å². The van der Waals surface area contributed by atoms with Crippen LogP contribution in [0.25, 0.3) is 0 Å². The first-order valence-electron chi connectivity index (χ1n) is 11.6. The Morgan fingerprint density at radius 3 is 1.90 bits per heavy atom. The van der Waals surface area contributed by atoms with Gasteiger partial charge in [-0.3, -0.25) is 0 Å². The number of nitrogens with zero attached hydrogens (tertiary/aromatic N) is 2. The van der Waals surface area contributed by atoms with Gasteiger partial charge in [-0.2, -0.15) is 0 Å². The molecule has 1 N–H and O–H groups in total. The Morgan fingerprint density at radius 1 is 0.839 bits per heavy atom. The number of benzene rings is 1. The Bertz CT molecular complexity index is 735. The molecule has 0 saturated carbocycles. The zero-order valence-corrected chi connectivity index (χ0v) is 19.7. The first-order chi connectivity index (χ1) is 15.2. The minimum absolute atomic E-state index is 0.509. The van der Waals surface area contributed by atoms with Crippen molar-refractivity contribution < 1.29 is 19.3 Å². The van der Waals surface area contributed by atoms with Crippen LogP contribution in [0.1, 0.15) is 88.6 Å². The van der Waals surface area contributed by atoms with Crippen LogP contribution in [0.2, 0.25) is 0 Å². The van der Waals surface area contributed by atoms with Crippen LogP contribution in [0.15, 0.2) is 24.5 Å². The Hall–Kier alpha value is -2.21. The predicted molar refractivity (Wildman–Crippen MR) is 124 cm³/mol. The topological polar surface area (TPSA) is 65.7 Å². The van der Waals surface area contributed by atoms with E-state index in [0.29, 0.717) is 28.6 Å². The van der Waals surface area contributed by atoms with Gasteiger partial charge in [-0.1, -0.05) is 64.7 Å². The highest BCUT2D eigenvalue weighted by atomic mass is 16.5. The van der Waals surface area contributed by atoms with Gasteiger partial charge in [-0.15, -0.1) is 0 Å². The number of ether oxygens (including phenoxy) is 3. The fraction of sp³-hybridized carbons (Fsp3) is 0.640. The zero-order valence-electron chi connectivity index (χ0n) is 19.7. The molecule has 0 saturated heterocycles. The normalized spacial score (nSPS) is 12.0. The van der Waals surface area contributed by atoms with Crippen LogP contribution in [0.4, 0.5) is 0 Å². The SMILES string of the molecule is CCCCCCCCCCCCn1ccnc1C(O)c1cc(OC)c(OC)c(OC)c1. The molecule has 0 aliphatic carbocycles. The van der Waals surface area contributed by atoms with Gasteiger partial charge in [0.1, 0.15) is 11.9 Å². The molecule has 2 rings (SSSR count). The van der Waals surface area contributed by atoms with Gasteiger partial charge in [0.15, 0.2) is 11.5 Å². The lowest BCUT2D eigenvalue weighted by molar-refractivity contribution is 0.202. The molecule has 1 atom stereocenters. The van der Waals surface area contributed by atoms with Crippen molar-refractivity contribution >= 4 is 0 Å². The van der Waals surface area contributed by atoms with Gasteiger partial charge in [-0.05, 0) is 24.1 Å². The number of aromatic nitrogens is 2. The third kappa shape index (κ3) is 7.46. The average Bonchev–Trinajstić information content (AvgIpc) is 3.27. The molecule has 174 valence electrons. The monoisotopic (exact) mass is 432 g/mol. The van der Waals surface area contributed by atoms with E-state index < -0.39 is 6.10 Å². The summed E-state index contributed by atoms with van der Waals surface area (Å²) in [4.78, 5) is 4.41. The lowest BCUT2D eigenvalue weighted by Gasteiger charge is -2.18. The largest absolute Gasteiger partial charge is 0.493 e.